The summed E-state index contributed by atoms with van der Waals surface area (Å²) >= 11 is 0. The van der Waals surface area contributed by atoms with Gasteiger partial charge in [-0.05, 0) is 26.0 Å². The number of rotatable bonds is 5. The van der Waals surface area contributed by atoms with Gasteiger partial charge in [-0.3, -0.25) is 4.57 Å². The fraction of sp³-hybridized carbons (Fsp3) is 0.522. The number of ether oxygens (including phenoxy) is 3. The predicted molar refractivity (Wildman–Crippen MR) is 123 cm³/mol. The van der Waals surface area contributed by atoms with Crippen LogP contribution in [-0.2, 0) is 9.47 Å². The summed E-state index contributed by atoms with van der Waals surface area (Å²) in [6, 6.07) is 7.08. The molecule has 2 saturated heterocycles. The SMILES string of the molecule is COc1cccc2c1nc(C(F)F)n2-c1nc(N2CCOCC2)cc(N2CC(C)OC(C)C2)n1. The normalized spacial score (nSPS) is 21.5. The van der Waals surface area contributed by atoms with Crippen molar-refractivity contribution in [2.75, 3.05) is 56.3 Å². The number of imidazole rings is 1. The van der Waals surface area contributed by atoms with Crippen LogP contribution in [0.2, 0.25) is 0 Å². The number of nitrogens with zero attached hydrogens (tertiary/aromatic N) is 6. The second-order valence-corrected chi connectivity index (χ2v) is 8.58. The number of benzene rings is 1. The molecule has 2 fully saturated rings. The minimum atomic E-state index is -2.82. The van der Waals surface area contributed by atoms with Crippen molar-refractivity contribution in [2.45, 2.75) is 32.5 Å². The van der Waals surface area contributed by atoms with Crippen LogP contribution in [0.25, 0.3) is 17.0 Å². The first-order chi connectivity index (χ1) is 16.4. The van der Waals surface area contributed by atoms with Gasteiger partial charge in [0.15, 0.2) is 5.82 Å². The minimum Gasteiger partial charge on any atom is -0.494 e. The van der Waals surface area contributed by atoms with Crippen LogP contribution < -0.4 is 14.5 Å². The molecule has 9 nitrogen and oxygen atoms in total. The molecule has 2 aromatic heterocycles. The number of hydrogen-bond donors (Lipinski definition) is 0. The molecule has 1 aromatic carbocycles. The van der Waals surface area contributed by atoms with Gasteiger partial charge in [-0.25, -0.2) is 13.8 Å². The van der Waals surface area contributed by atoms with Gasteiger partial charge in [-0.15, -0.1) is 0 Å². The van der Waals surface area contributed by atoms with E-state index in [2.05, 4.69) is 14.8 Å². The average molecular weight is 475 g/mol. The first-order valence-corrected chi connectivity index (χ1v) is 11.4. The zero-order chi connectivity index (χ0) is 23.8. The Labute approximate surface area is 196 Å². The molecule has 2 aliphatic heterocycles. The second kappa shape index (κ2) is 9.30. The van der Waals surface area contributed by atoms with Crippen molar-refractivity contribution in [3.05, 3.63) is 30.1 Å². The highest BCUT2D eigenvalue weighted by molar-refractivity contribution is 5.84. The standard InChI is InChI=1S/C23H28F2N6O3/c1-14-12-30(13-15(2)34-14)19-11-18(29-7-9-33-10-8-29)26-23(27-19)31-16-5-4-6-17(32-3)20(16)28-22(31)21(24)25/h4-6,11,14-15,21H,7-10,12-13H2,1-3H3. The molecule has 3 aromatic rings. The number of halogens is 2. The van der Waals surface area contributed by atoms with Crippen molar-refractivity contribution in [3.63, 3.8) is 0 Å². The number of methoxy groups -OCH3 is 1. The molecule has 4 heterocycles. The summed E-state index contributed by atoms with van der Waals surface area (Å²) in [6.07, 6.45) is -2.78. The van der Waals surface area contributed by atoms with E-state index in [-0.39, 0.29) is 18.2 Å². The summed E-state index contributed by atoms with van der Waals surface area (Å²) in [4.78, 5) is 17.9. The van der Waals surface area contributed by atoms with E-state index in [0.717, 1.165) is 0 Å². The molecule has 11 heteroatoms. The topological polar surface area (TPSA) is 77.8 Å². The van der Waals surface area contributed by atoms with E-state index in [1.54, 1.807) is 18.2 Å². The molecule has 0 aliphatic carbocycles. The number of para-hydroxylation sites is 1. The average Bonchev–Trinajstić information content (AvgIpc) is 3.24. The zero-order valence-electron chi connectivity index (χ0n) is 19.4. The molecule has 182 valence electrons. The number of hydrogen-bond acceptors (Lipinski definition) is 8. The van der Waals surface area contributed by atoms with Gasteiger partial charge < -0.3 is 24.0 Å². The molecular weight excluding hydrogens is 446 g/mol. The number of morpholine rings is 2. The van der Waals surface area contributed by atoms with Gasteiger partial charge in [0, 0.05) is 32.2 Å². The third-order valence-corrected chi connectivity index (χ3v) is 6.06. The number of aromatic nitrogens is 4. The highest BCUT2D eigenvalue weighted by Gasteiger charge is 2.28. The molecule has 0 N–H and O–H groups in total. The van der Waals surface area contributed by atoms with Gasteiger partial charge in [0.25, 0.3) is 6.43 Å². The van der Waals surface area contributed by atoms with Gasteiger partial charge in [0.1, 0.15) is 22.9 Å². The largest absolute Gasteiger partial charge is 0.494 e. The van der Waals surface area contributed by atoms with Crippen molar-refractivity contribution in [1.82, 2.24) is 19.5 Å². The van der Waals surface area contributed by atoms with E-state index < -0.39 is 12.2 Å². The molecule has 0 radical (unpaired) electrons. The Balaban J connectivity index is 1.69. The Morgan fingerprint density at radius 3 is 2.32 bits per heavy atom. The van der Waals surface area contributed by atoms with Crippen LogP contribution in [0.5, 0.6) is 5.75 Å². The Bertz CT molecular complexity index is 1160. The van der Waals surface area contributed by atoms with Crippen LogP contribution in [0.15, 0.2) is 24.3 Å². The minimum absolute atomic E-state index is 0.0176. The molecule has 34 heavy (non-hydrogen) atoms. The van der Waals surface area contributed by atoms with Gasteiger partial charge >= 0.3 is 0 Å². The van der Waals surface area contributed by atoms with Crippen molar-refractivity contribution in [3.8, 4) is 11.7 Å². The van der Waals surface area contributed by atoms with E-state index in [9.17, 15) is 8.78 Å². The lowest BCUT2D eigenvalue weighted by Crippen LogP contribution is -2.46. The molecule has 2 aliphatic rings. The van der Waals surface area contributed by atoms with E-state index >= 15 is 0 Å². The van der Waals surface area contributed by atoms with Crippen LogP contribution in [0, 0.1) is 0 Å². The number of anilines is 2. The van der Waals surface area contributed by atoms with Crippen LogP contribution in [-0.4, -0.2) is 78.2 Å². The van der Waals surface area contributed by atoms with Gasteiger partial charge in [0.05, 0.1) is 38.0 Å². The maximum absolute atomic E-state index is 14.2. The molecular formula is C23H28F2N6O3. The molecule has 0 amide bonds. The Morgan fingerprint density at radius 2 is 1.68 bits per heavy atom. The third-order valence-electron chi connectivity index (χ3n) is 6.06. The zero-order valence-corrected chi connectivity index (χ0v) is 19.4. The summed E-state index contributed by atoms with van der Waals surface area (Å²) in [5, 5.41) is 0. The quantitative estimate of drug-likeness (QED) is 0.558. The van der Waals surface area contributed by atoms with Gasteiger partial charge in [-0.1, -0.05) is 6.07 Å². The van der Waals surface area contributed by atoms with E-state index in [4.69, 9.17) is 24.2 Å². The van der Waals surface area contributed by atoms with Crippen molar-refractivity contribution >= 4 is 22.7 Å². The highest BCUT2D eigenvalue weighted by Crippen LogP contribution is 2.33. The van der Waals surface area contributed by atoms with Crippen LogP contribution in [0.3, 0.4) is 0 Å². The maximum Gasteiger partial charge on any atom is 0.296 e. The van der Waals surface area contributed by atoms with Crippen molar-refractivity contribution in [1.29, 1.82) is 0 Å². The third kappa shape index (κ3) is 4.25. The first-order valence-electron chi connectivity index (χ1n) is 11.4. The molecule has 0 spiro atoms. The molecule has 0 bridgehead atoms. The lowest BCUT2D eigenvalue weighted by atomic mass is 10.2. The summed E-state index contributed by atoms with van der Waals surface area (Å²) < 4.78 is 46.4. The summed E-state index contributed by atoms with van der Waals surface area (Å²) in [6.45, 7) is 7.78. The van der Waals surface area contributed by atoms with Crippen LogP contribution >= 0.6 is 0 Å². The molecule has 2 unspecified atom stereocenters. The van der Waals surface area contributed by atoms with E-state index in [0.29, 0.717) is 67.8 Å². The molecule has 2 atom stereocenters. The fourth-order valence-electron chi connectivity index (χ4n) is 4.60. The summed E-state index contributed by atoms with van der Waals surface area (Å²) in [7, 11) is 1.49. The maximum atomic E-state index is 14.2. The molecule has 0 saturated carbocycles. The lowest BCUT2D eigenvalue weighted by Gasteiger charge is -2.37. The fourth-order valence-corrected chi connectivity index (χ4v) is 4.60. The number of fused-ring (bicyclic) bond motifs is 1. The Hall–Kier alpha value is -3.05. The van der Waals surface area contributed by atoms with E-state index in [1.807, 2.05) is 19.9 Å². The van der Waals surface area contributed by atoms with Gasteiger partial charge in [-0.2, -0.15) is 9.97 Å². The predicted octanol–water partition coefficient (Wildman–Crippen LogP) is 3.21. The Kier molecular flexibility index (Phi) is 6.22. The highest BCUT2D eigenvalue weighted by atomic mass is 19.3. The van der Waals surface area contributed by atoms with Crippen molar-refractivity contribution < 1.29 is 23.0 Å². The summed E-state index contributed by atoms with van der Waals surface area (Å²) in [5.74, 6) is 1.47. The lowest BCUT2D eigenvalue weighted by molar-refractivity contribution is -0.00546. The second-order valence-electron chi connectivity index (χ2n) is 8.58. The van der Waals surface area contributed by atoms with Gasteiger partial charge in [0.2, 0.25) is 5.95 Å². The van der Waals surface area contributed by atoms with Crippen LogP contribution in [0.1, 0.15) is 26.1 Å². The smallest absolute Gasteiger partial charge is 0.296 e. The Morgan fingerprint density at radius 1 is 1.00 bits per heavy atom. The van der Waals surface area contributed by atoms with Crippen molar-refractivity contribution in [2.24, 2.45) is 0 Å². The first kappa shape index (κ1) is 22.7. The van der Waals surface area contributed by atoms with E-state index in [1.165, 1.54) is 11.7 Å². The summed E-state index contributed by atoms with van der Waals surface area (Å²) in [5.41, 5.74) is 0.805. The van der Waals surface area contributed by atoms with Crippen LogP contribution in [0.4, 0.5) is 20.4 Å². The molecule has 5 rings (SSSR count). The monoisotopic (exact) mass is 474 g/mol. The number of alkyl halides is 2.